The summed E-state index contributed by atoms with van der Waals surface area (Å²) in [7, 11) is 0. The van der Waals surface area contributed by atoms with Crippen molar-refractivity contribution in [3.63, 3.8) is 0 Å². The number of phenols is 2. The summed E-state index contributed by atoms with van der Waals surface area (Å²) in [4.78, 5) is 38.1. The number of nitrogens with one attached hydrogen (secondary N) is 1. The second kappa shape index (κ2) is 10.4. The number of benzene rings is 2. The van der Waals surface area contributed by atoms with Crippen molar-refractivity contribution in [1.29, 1.82) is 0 Å². The molecule has 1 fully saturated rings. The van der Waals surface area contributed by atoms with Crippen LogP contribution in [0.2, 0.25) is 0 Å². The maximum atomic E-state index is 13.4. The fourth-order valence-corrected chi connectivity index (χ4v) is 4.70. The molecule has 188 valence electrons. The first-order chi connectivity index (χ1) is 16.4. The minimum atomic E-state index is -1.30. The molecule has 3 rings (SSSR count). The monoisotopic (exact) mass is 485 g/mol. The van der Waals surface area contributed by atoms with E-state index in [4.69, 9.17) is 4.74 Å². The summed E-state index contributed by atoms with van der Waals surface area (Å²) < 4.78 is 5.81. The first-order valence-corrected chi connectivity index (χ1v) is 11.5. The SMILES string of the molecule is C[C@@H]1[C@@H](Nc2ccccc2C(=O)O)[C@@H](C)C(=O)[C@@H](C)[C@@H](O)[C@H](C)C(=O)O[C@@H]1c1cc(O)cc(O)c1. The Morgan fingerprint density at radius 1 is 0.914 bits per heavy atom. The highest BCUT2D eigenvalue weighted by atomic mass is 16.5. The Kier molecular flexibility index (Phi) is 7.70. The number of aliphatic hydroxyl groups is 1. The number of carboxylic acid groups (broad SMARTS) is 1. The summed E-state index contributed by atoms with van der Waals surface area (Å²) in [6, 6.07) is 9.33. The Labute approximate surface area is 203 Å². The van der Waals surface area contributed by atoms with Gasteiger partial charge >= 0.3 is 11.9 Å². The van der Waals surface area contributed by atoms with Crippen molar-refractivity contribution < 1.29 is 39.5 Å². The molecule has 2 aromatic carbocycles. The largest absolute Gasteiger partial charge is 0.508 e. The number of hydrogen-bond acceptors (Lipinski definition) is 8. The number of aromatic hydroxyl groups is 2. The zero-order valence-corrected chi connectivity index (χ0v) is 20.0. The molecule has 5 N–H and O–H groups in total. The smallest absolute Gasteiger partial charge is 0.337 e. The number of carbonyl (C=O) groups excluding carboxylic acids is 2. The molecule has 0 aromatic heterocycles. The molecule has 9 heteroatoms. The lowest BCUT2D eigenvalue weighted by Gasteiger charge is -2.39. The van der Waals surface area contributed by atoms with Crippen molar-refractivity contribution in [1.82, 2.24) is 0 Å². The molecule has 1 saturated heterocycles. The summed E-state index contributed by atoms with van der Waals surface area (Å²) in [6.07, 6.45) is -2.33. The Balaban J connectivity index is 2.15. The predicted octanol–water partition coefficient (Wildman–Crippen LogP) is 3.35. The van der Waals surface area contributed by atoms with E-state index in [0.29, 0.717) is 0 Å². The van der Waals surface area contributed by atoms with Crippen molar-refractivity contribution in [2.24, 2.45) is 23.7 Å². The van der Waals surface area contributed by atoms with E-state index in [0.717, 1.165) is 6.07 Å². The molecule has 9 nitrogen and oxygen atoms in total. The molecule has 0 bridgehead atoms. The molecule has 0 spiro atoms. The van der Waals surface area contributed by atoms with Gasteiger partial charge in [0.25, 0.3) is 0 Å². The second-order valence-electron chi connectivity index (χ2n) is 9.28. The lowest BCUT2D eigenvalue weighted by atomic mass is 9.76. The number of aromatic carboxylic acids is 1. The second-order valence-corrected chi connectivity index (χ2v) is 9.28. The molecule has 2 aromatic rings. The predicted molar refractivity (Wildman–Crippen MR) is 127 cm³/mol. The van der Waals surface area contributed by atoms with E-state index in [-0.39, 0.29) is 34.1 Å². The number of para-hydroxylation sites is 1. The van der Waals surface area contributed by atoms with Gasteiger partial charge in [0.2, 0.25) is 0 Å². The van der Waals surface area contributed by atoms with Crippen LogP contribution in [0.3, 0.4) is 0 Å². The van der Waals surface area contributed by atoms with E-state index in [1.165, 1.54) is 25.1 Å². The van der Waals surface area contributed by atoms with Gasteiger partial charge in [-0.05, 0) is 31.2 Å². The number of carboxylic acids is 1. The van der Waals surface area contributed by atoms with Gasteiger partial charge in [-0.2, -0.15) is 0 Å². The van der Waals surface area contributed by atoms with Crippen LogP contribution < -0.4 is 5.32 Å². The summed E-state index contributed by atoms with van der Waals surface area (Å²) >= 11 is 0. The van der Waals surface area contributed by atoms with Gasteiger partial charge in [0, 0.05) is 41.1 Å². The number of rotatable bonds is 4. The third kappa shape index (κ3) is 5.40. The molecule has 7 atom stereocenters. The first-order valence-electron chi connectivity index (χ1n) is 11.5. The molecule has 0 amide bonds. The topological polar surface area (TPSA) is 153 Å². The van der Waals surface area contributed by atoms with E-state index in [2.05, 4.69) is 5.32 Å². The highest BCUT2D eigenvalue weighted by Crippen LogP contribution is 2.39. The summed E-state index contributed by atoms with van der Waals surface area (Å²) in [5, 5.41) is 43.6. The van der Waals surface area contributed by atoms with Gasteiger partial charge in [-0.3, -0.25) is 9.59 Å². The third-order valence-corrected chi connectivity index (χ3v) is 6.85. The fraction of sp³-hybridized carbons (Fsp3) is 0.423. The fourth-order valence-electron chi connectivity index (χ4n) is 4.70. The van der Waals surface area contributed by atoms with Crippen LogP contribution in [-0.2, 0) is 14.3 Å². The number of anilines is 1. The lowest BCUT2D eigenvalue weighted by Crippen LogP contribution is -2.48. The summed E-state index contributed by atoms with van der Waals surface area (Å²) in [5.74, 6) is -5.91. The number of aliphatic hydroxyl groups excluding tert-OH is 1. The molecule has 0 radical (unpaired) electrons. The van der Waals surface area contributed by atoms with Crippen LogP contribution in [0.1, 0.15) is 49.7 Å². The van der Waals surface area contributed by atoms with E-state index < -0.39 is 53.9 Å². The average molecular weight is 486 g/mol. The highest BCUT2D eigenvalue weighted by Gasteiger charge is 2.43. The van der Waals surface area contributed by atoms with Gasteiger partial charge < -0.3 is 30.5 Å². The van der Waals surface area contributed by atoms with Crippen LogP contribution >= 0.6 is 0 Å². The van der Waals surface area contributed by atoms with Gasteiger partial charge in [-0.25, -0.2) is 4.79 Å². The molecular formula is C26H31NO8. The van der Waals surface area contributed by atoms with E-state index in [9.17, 15) is 34.8 Å². The molecule has 0 unspecified atom stereocenters. The van der Waals surface area contributed by atoms with Crippen molar-refractivity contribution in [3.05, 3.63) is 53.6 Å². The van der Waals surface area contributed by atoms with Crippen LogP contribution in [-0.4, -0.2) is 50.3 Å². The van der Waals surface area contributed by atoms with Gasteiger partial charge in [0.15, 0.2) is 0 Å². The van der Waals surface area contributed by atoms with Crippen LogP contribution in [0.15, 0.2) is 42.5 Å². The number of Topliss-reactive ketones (excluding diaryl/α,β-unsaturated/α-hetero) is 1. The van der Waals surface area contributed by atoms with Gasteiger partial charge in [0.1, 0.15) is 23.4 Å². The maximum Gasteiger partial charge on any atom is 0.337 e. The zero-order chi connectivity index (χ0) is 26.0. The van der Waals surface area contributed by atoms with Gasteiger partial charge in [0.05, 0.1) is 17.6 Å². The minimum absolute atomic E-state index is 0.00157. The van der Waals surface area contributed by atoms with E-state index in [1.807, 2.05) is 0 Å². The molecular weight excluding hydrogens is 454 g/mol. The van der Waals surface area contributed by atoms with E-state index in [1.54, 1.807) is 39.0 Å². The highest BCUT2D eigenvalue weighted by molar-refractivity contribution is 5.94. The average Bonchev–Trinajstić information content (AvgIpc) is 2.81. The van der Waals surface area contributed by atoms with Crippen molar-refractivity contribution in [3.8, 4) is 11.5 Å². The van der Waals surface area contributed by atoms with Crippen LogP contribution in [0.5, 0.6) is 11.5 Å². The summed E-state index contributed by atoms with van der Waals surface area (Å²) in [6.45, 7) is 6.43. The Bertz CT molecular complexity index is 1100. The van der Waals surface area contributed by atoms with Gasteiger partial charge in [-0.15, -0.1) is 0 Å². The number of hydrogen-bond donors (Lipinski definition) is 5. The standard InChI is InChI=1S/C26H31NO8/c1-12-21(27-20-8-6-5-7-19(20)25(32)33)13(2)24(16-9-17(28)11-18(29)10-16)35-26(34)15(4)23(31)14(3)22(12)30/h5-15,21,23-24,27-29,31H,1-4H3,(H,32,33)/t12-,13-,14-,15+,21+,23-,24+/m1/s1. The summed E-state index contributed by atoms with van der Waals surface area (Å²) in [5.41, 5.74) is 0.567. The third-order valence-electron chi connectivity index (χ3n) is 6.85. The molecule has 0 aliphatic carbocycles. The maximum absolute atomic E-state index is 13.4. The number of ether oxygens (including phenoxy) is 1. The van der Waals surface area contributed by atoms with Crippen LogP contribution in [0.25, 0.3) is 0 Å². The van der Waals surface area contributed by atoms with E-state index >= 15 is 0 Å². The normalized spacial score (nSPS) is 29.8. The van der Waals surface area contributed by atoms with Crippen molar-refractivity contribution >= 4 is 23.4 Å². The Morgan fingerprint density at radius 3 is 2.11 bits per heavy atom. The molecule has 1 aliphatic heterocycles. The molecule has 0 saturated carbocycles. The van der Waals surface area contributed by atoms with Crippen molar-refractivity contribution in [2.75, 3.05) is 5.32 Å². The number of ketones is 1. The lowest BCUT2D eigenvalue weighted by molar-refractivity contribution is -0.164. The molecule has 35 heavy (non-hydrogen) atoms. The quantitative estimate of drug-likeness (QED) is 0.410. The number of esters is 1. The number of phenolic OH excluding ortho intramolecular Hbond substituents is 2. The van der Waals surface area contributed by atoms with Gasteiger partial charge in [-0.1, -0.05) is 32.9 Å². The van der Waals surface area contributed by atoms with Crippen molar-refractivity contribution in [2.45, 2.75) is 45.9 Å². The minimum Gasteiger partial charge on any atom is -0.508 e. The zero-order valence-electron chi connectivity index (χ0n) is 20.0. The van der Waals surface area contributed by atoms with Crippen LogP contribution in [0, 0.1) is 23.7 Å². The Morgan fingerprint density at radius 2 is 1.51 bits per heavy atom. The number of carbonyl (C=O) groups is 3. The van der Waals surface area contributed by atoms with Crippen LogP contribution in [0.4, 0.5) is 5.69 Å². The Hall–Kier alpha value is -3.59. The molecule has 1 heterocycles. The number of cyclic esters (lactones) is 1. The first kappa shape index (κ1) is 26.0. The molecule has 1 aliphatic rings.